The minimum absolute atomic E-state index is 0.423. The third-order valence-electron chi connectivity index (χ3n) is 2.65. The highest BCUT2D eigenvalue weighted by atomic mass is 79.9. The first-order valence-electron chi connectivity index (χ1n) is 6.08. The first-order valence-corrected chi connectivity index (χ1v) is 6.88. The van der Waals surface area contributed by atoms with Crippen molar-refractivity contribution in [2.24, 2.45) is 5.92 Å². The van der Waals surface area contributed by atoms with Gasteiger partial charge >= 0.3 is 0 Å². The van der Waals surface area contributed by atoms with Gasteiger partial charge in [0.2, 0.25) is 0 Å². The third kappa shape index (κ3) is 5.66. The Labute approximate surface area is 113 Å². The van der Waals surface area contributed by atoms with Gasteiger partial charge in [-0.1, -0.05) is 41.9 Å². The van der Waals surface area contributed by atoms with Gasteiger partial charge in [0.15, 0.2) is 0 Å². The summed E-state index contributed by atoms with van der Waals surface area (Å²) in [6.45, 7) is 7.22. The van der Waals surface area contributed by atoms with Crippen molar-refractivity contribution in [2.45, 2.75) is 19.8 Å². The van der Waals surface area contributed by atoms with Gasteiger partial charge in [-0.3, -0.25) is 0 Å². The van der Waals surface area contributed by atoms with Crippen LogP contribution in [0, 0.1) is 5.92 Å². The molecule has 0 spiro atoms. The Balaban J connectivity index is 2.55. The average molecular weight is 300 g/mol. The SMILES string of the molecule is COCC(CNCC(C)C)c1ccc(Br)cc1. The fourth-order valence-electron chi connectivity index (χ4n) is 1.76. The second-order valence-corrected chi connectivity index (χ2v) is 5.67. The molecule has 0 fully saturated rings. The minimum Gasteiger partial charge on any atom is -0.384 e. The summed E-state index contributed by atoms with van der Waals surface area (Å²) in [6, 6.07) is 8.48. The van der Waals surface area contributed by atoms with E-state index in [1.807, 2.05) is 0 Å². The molecular weight excluding hydrogens is 278 g/mol. The van der Waals surface area contributed by atoms with Crippen LogP contribution in [0.1, 0.15) is 25.3 Å². The summed E-state index contributed by atoms with van der Waals surface area (Å²) in [5.74, 6) is 1.11. The number of halogens is 1. The molecule has 0 saturated carbocycles. The summed E-state index contributed by atoms with van der Waals surface area (Å²) in [5, 5.41) is 3.49. The minimum atomic E-state index is 0.423. The lowest BCUT2D eigenvalue weighted by atomic mass is 10.00. The van der Waals surface area contributed by atoms with Crippen molar-refractivity contribution in [3.05, 3.63) is 34.3 Å². The number of hydrogen-bond acceptors (Lipinski definition) is 2. The Kier molecular flexibility index (Phi) is 6.78. The lowest BCUT2D eigenvalue weighted by Gasteiger charge is -2.18. The summed E-state index contributed by atoms with van der Waals surface area (Å²) in [6.07, 6.45) is 0. The molecule has 1 aromatic carbocycles. The Hall–Kier alpha value is -0.380. The Morgan fingerprint density at radius 1 is 1.18 bits per heavy atom. The molecule has 0 bridgehead atoms. The Morgan fingerprint density at radius 3 is 2.35 bits per heavy atom. The van der Waals surface area contributed by atoms with Gasteiger partial charge in [0.25, 0.3) is 0 Å². The summed E-state index contributed by atoms with van der Waals surface area (Å²) in [7, 11) is 1.76. The summed E-state index contributed by atoms with van der Waals surface area (Å²) in [5.41, 5.74) is 1.33. The molecular formula is C14H22BrNO. The molecule has 1 atom stereocenters. The smallest absolute Gasteiger partial charge is 0.0543 e. The quantitative estimate of drug-likeness (QED) is 0.833. The molecule has 0 aliphatic carbocycles. The zero-order valence-corrected chi connectivity index (χ0v) is 12.5. The molecule has 0 heterocycles. The number of benzene rings is 1. The average Bonchev–Trinajstić information content (AvgIpc) is 2.29. The van der Waals surface area contributed by atoms with Crippen molar-refractivity contribution in [1.82, 2.24) is 5.32 Å². The third-order valence-corrected chi connectivity index (χ3v) is 3.18. The predicted molar refractivity (Wildman–Crippen MR) is 76.5 cm³/mol. The second kappa shape index (κ2) is 7.85. The van der Waals surface area contributed by atoms with Gasteiger partial charge in [0.1, 0.15) is 0 Å². The Morgan fingerprint density at radius 2 is 1.82 bits per heavy atom. The van der Waals surface area contributed by atoms with E-state index in [4.69, 9.17) is 4.74 Å². The van der Waals surface area contributed by atoms with Crippen LogP contribution in [-0.4, -0.2) is 26.8 Å². The Bertz CT molecular complexity index is 311. The molecule has 17 heavy (non-hydrogen) atoms. The monoisotopic (exact) mass is 299 g/mol. The highest BCUT2D eigenvalue weighted by molar-refractivity contribution is 9.10. The number of hydrogen-bond donors (Lipinski definition) is 1. The standard InChI is InChI=1S/C14H22BrNO/c1-11(2)8-16-9-13(10-17-3)12-4-6-14(15)7-5-12/h4-7,11,13,16H,8-10H2,1-3H3. The van der Waals surface area contributed by atoms with Gasteiger partial charge in [-0.25, -0.2) is 0 Å². The van der Waals surface area contributed by atoms with Gasteiger partial charge in [-0.2, -0.15) is 0 Å². The van der Waals surface area contributed by atoms with Gasteiger partial charge in [-0.15, -0.1) is 0 Å². The van der Waals surface area contributed by atoms with Crippen molar-refractivity contribution in [1.29, 1.82) is 0 Å². The molecule has 1 rings (SSSR count). The van der Waals surface area contributed by atoms with E-state index in [1.165, 1.54) is 5.56 Å². The molecule has 0 radical (unpaired) electrons. The maximum Gasteiger partial charge on any atom is 0.0543 e. The lowest BCUT2D eigenvalue weighted by molar-refractivity contribution is 0.177. The zero-order chi connectivity index (χ0) is 12.7. The number of ether oxygens (including phenoxy) is 1. The molecule has 96 valence electrons. The van der Waals surface area contributed by atoms with E-state index in [2.05, 4.69) is 59.4 Å². The van der Waals surface area contributed by atoms with E-state index in [-0.39, 0.29) is 0 Å². The molecule has 0 aliphatic rings. The molecule has 0 amide bonds. The van der Waals surface area contributed by atoms with Crippen LogP contribution in [0.3, 0.4) is 0 Å². The summed E-state index contributed by atoms with van der Waals surface area (Å²) < 4.78 is 6.41. The normalized spacial score (nSPS) is 13.0. The number of methoxy groups -OCH3 is 1. The van der Waals surface area contributed by atoms with Crippen LogP contribution >= 0.6 is 15.9 Å². The summed E-state index contributed by atoms with van der Waals surface area (Å²) >= 11 is 3.46. The number of rotatable bonds is 7. The lowest BCUT2D eigenvalue weighted by Crippen LogP contribution is -2.27. The largest absolute Gasteiger partial charge is 0.384 e. The molecule has 0 aromatic heterocycles. The van der Waals surface area contributed by atoms with Crippen LogP contribution < -0.4 is 5.32 Å². The van der Waals surface area contributed by atoms with Crippen LogP contribution in [0.4, 0.5) is 0 Å². The fraction of sp³-hybridized carbons (Fsp3) is 0.571. The first kappa shape index (κ1) is 14.7. The fourth-order valence-corrected chi connectivity index (χ4v) is 2.02. The van der Waals surface area contributed by atoms with Crippen LogP contribution in [0.15, 0.2) is 28.7 Å². The van der Waals surface area contributed by atoms with Crippen LogP contribution in [0.5, 0.6) is 0 Å². The molecule has 0 aliphatic heterocycles. The highest BCUT2D eigenvalue weighted by Crippen LogP contribution is 2.18. The molecule has 2 nitrogen and oxygen atoms in total. The predicted octanol–water partition coefficient (Wildman–Crippen LogP) is 3.42. The van der Waals surface area contributed by atoms with Gasteiger partial charge in [0.05, 0.1) is 6.61 Å². The van der Waals surface area contributed by atoms with E-state index in [9.17, 15) is 0 Å². The van der Waals surface area contributed by atoms with E-state index in [0.717, 1.165) is 24.2 Å². The van der Waals surface area contributed by atoms with Gasteiger partial charge in [0, 0.05) is 24.0 Å². The van der Waals surface area contributed by atoms with E-state index >= 15 is 0 Å². The van der Waals surface area contributed by atoms with E-state index in [0.29, 0.717) is 11.8 Å². The van der Waals surface area contributed by atoms with Crippen molar-refractivity contribution in [3.8, 4) is 0 Å². The van der Waals surface area contributed by atoms with E-state index < -0.39 is 0 Å². The zero-order valence-electron chi connectivity index (χ0n) is 10.9. The van der Waals surface area contributed by atoms with Crippen LogP contribution in [-0.2, 0) is 4.74 Å². The van der Waals surface area contributed by atoms with E-state index in [1.54, 1.807) is 7.11 Å². The summed E-state index contributed by atoms with van der Waals surface area (Å²) in [4.78, 5) is 0. The topological polar surface area (TPSA) is 21.3 Å². The van der Waals surface area contributed by atoms with Gasteiger partial charge < -0.3 is 10.1 Å². The van der Waals surface area contributed by atoms with Gasteiger partial charge in [-0.05, 0) is 30.2 Å². The van der Waals surface area contributed by atoms with Crippen molar-refractivity contribution >= 4 is 15.9 Å². The number of nitrogens with one attached hydrogen (secondary N) is 1. The molecule has 1 aromatic rings. The molecule has 0 saturated heterocycles. The highest BCUT2D eigenvalue weighted by Gasteiger charge is 2.11. The first-order chi connectivity index (χ1) is 8.13. The van der Waals surface area contributed by atoms with Crippen LogP contribution in [0.25, 0.3) is 0 Å². The molecule has 1 N–H and O–H groups in total. The molecule has 3 heteroatoms. The second-order valence-electron chi connectivity index (χ2n) is 4.76. The van der Waals surface area contributed by atoms with Crippen LogP contribution in [0.2, 0.25) is 0 Å². The van der Waals surface area contributed by atoms with Crippen molar-refractivity contribution in [3.63, 3.8) is 0 Å². The maximum absolute atomic E-state index is 5.29. The molecule has 1 unspecified atom stereocenters. The van der Waals surface area contributed by atoms with Crippen molar-refractivity contribution < 1.29 is 4.74 Å². The maximum atomic E-state index is 5.29. The van der Waals surface area contributed by atoms with Crippen molar-refractivity contribution in [2.75, 3.05) is 26.8 Å².